The predicted octanol–water partition coefficient (Wildman–Crippen LogP) is 2.53. The van der Waals surface area contributed by atoms with Crippen molar-refractivity contribution in [3.63, 3.8) is 0 Å². The van der Waals surface area contributed by atoms with Gasteiger partial charge < -0.3 is 4.98 Å². The van der Waals surface area contributed by atoms with Gasteiger partial charge >= 0.3 is 5.69 Å². The van der Waals surface area contributed by atoms with Crippen LogP contribution in [-0.2, 0) is 13.0 Å². The summed E-state index contributed by atoms with van der Waals surface area (Å²) in [6.45, 7) is 4.57. The van der Waals surface area contributed by atoms with E-state index in [4.69, 9.17) is 12.2 Å². The van der Waals surface area contributed by atoms with Gasteiger partial charge in [-0.2, -0.15) is 0 Å². The Bertz CT molecular complexity index is 888. The lowest BCUT2D eigenvalue weighted by Gasteiger charge is -2.14. The molecule has 0 amide bonds. The van der Waals surface area contributed by atoms with Crippen molar-refractivity contribution in [1.82, 2.24) is 19.5 Å². The maximum atomic E-state index is 12.2. The van der Waals surface area contributed by atoms with E-state index in [0.717, 1.165) is 12.2 Å². The number of hydrogen-bond acceptors (Lipinski definition) is 4. The molecule has 0 spiro atoms. The number of H-pyrrole nitrogens is 2. The van der Waals surface area contributed by atoms with E-state index >= 15 is 0 Å². The van der Waals surface area contributed by atoms with Gasteiger partial charge in [0.25, 0.3) is 5.56 Å². The summed E-state index contributed by atoms with van der Waals surface area (Å²) in [7, 11) is 0. The molecule has 2 aromatic heterocycles. The highest BCUT2D eigenvalue weighted by Crippen LogP contribution is 2.27. The first-order chi connectivity index (χ1) is 11.0. The lowest BCUT2D eigenvalue weighted by Crippen LogP contribution is -2.32. The summed E-state index contributed by atoms with van der Waals surface area (Å²) in [5.74, 6) is 1.66. The normalized spacial score (nSPS) is 15.8. The molecule has 1 aliphatic rings. The van der Waals surface area contributed by atoms with Crippen LogP contribution in [-0.4, -0.2) is 19.5 Å². The Balaban J connectivity index is 2.17. The van der Waals surface area contributed by atoms with Gasteiger partial charge in [-0.15, -0.1) is 0 Å². The summed E-state index contributed by atoms with van der Waals surface area (Å²) >= 11 is 5.32. The average molecular weight is 334 g/mol. The molecule has 3 rings (SSSR count). The van der Waals surface area contributed by atoms with Crippen LogP contribution in [0, 0.1) is 16.5 Å². The van der Waals surface area contributed by atoms with Crippen LogP contribution < -0.4 is 11.2 Å². The lowest BCUT2D eigenvalue weighted by molar-refractivity contribution is 0.508. The number of rotatable bonds is 4. The highest BCUT2D eigenvalue weighted by molar-refractivity contribution is 7.71. The van der Waals surface area contributed by atoms with Gasteiger partial charge in [-0.1, -0.05) is 51.7 Å². The van der Waals surface area contributed by atoms with Crippen LogP contribution in [0.25, 0.3) is 11.0 Å². The molecular weight excluding hydrogens is 312 g/mol. The predicted molar refractivity (Wildman–Crippen MR) is 92.3 cm³/mol. The van der Waals surface area contributed by atoms with E-state index in [-0.39, 0.29) is 10.6 Å². The fraction of sp³-hybridized carbons (Fsp3) is 0.625. The van der Waals surface area contributed by atoms with Crippen molar-refractivity contribution in [3.8, 4) is 0 Å². The molecule has 2 aromatic rings. The van der Waals surface area contributed by atoms with Gasteiger partial charge in [-0.25, -0.2) is 9.78 Å². The second-order valence-electron chi connectivity index (χ2n) is 6.83. The third-order valence-corrected chi connectivity index (χ3v) is 4.71. The zero-order valence-corrected chi connectivity index (χ0v) is 14.3. The van der Waals surface area contributed by atoms with E-state index in [9.17, 15) is 9.59 Å². The number of fused-ring (bicyclic) bond motifs is 1. The molecule has 0 radical (unpaired) electrons. The Morgan fingerprint density at radius 2 is 1.96 bits per heavy atom. The largest absolute Gasteiger partial charge is 0.329 e. The summed E-state index contributed by atoms with van der Waals surface area (Å²) in [5, 5.41) is 0.301. The van der Waals surface area contributed by atoms with E-state index in [1.165, 1.54) is 25.7 Å². The third-order valence-electron chi connectivity index (χ3n) is 4.42. The Morgan fingerprint density at radius 3 is 2.61 bits per heavy atom. The van der Waals surface area contributed by atoms with E-state index in [0.29, 0.717) is 23.5 Å². The van der Waals surface area contributed by atoms with Crippen LogP contribution in [0.2, 0.25) is 0 Å². The molecule has 0 bridgehead atoms. The van der Waals surface area contributed by atoms with Gasteiger partial charge in [0.2, 0.25) is 0 Å². The van der Waals surface area contributed by atoms with Crippen molar-refractivity contribution in [2.75, 3.05) is 0 Å². The number of nitrogens with zero attached hydrogens (tertiary/aromatic N) is 2. The zero-order valence-electron chi connectivity index (χ0n) is 13.5. The van der Waals surface area contributed by atoms with Gasteiger partial charge in [-0.3, -0.25) is 14.3 Å². The number of nitrogens with one attached hydrogen (secondary N) is 2. The minimum Gasteiger partial charge on any atom is -0.329 e. The van der Waals surface area contributed by atoms with Gasteiger partial charge in [-0.05, 0) is 11.8 Å². The number of hydrogen-bond donors (Lipinski definition) is 2. The molecule has 2 N–H and O–H groups in total. The van der Waals surface area contributed by atoms with Crippen molar-refractivity contribution >= 4 is 23.3 Å². The smallest absolute Gasteiger partial charge is 0.329 e. The highest BCUT2D eigenvalue weighted by Gasteiger charge is 2.18. The molecule has 1 saturated carbocycles. The van der Waals surface area contributed by atoms with E-state index in [2.05, 4.69) is 15.0 Å². The molecule has 2 heterocycles. The number of aromatic amines is 2. The molecule has 1 fully saturated rings. The van der Waals surface area contributed by atoms with Gasteiger partial charge in [0, 0.05) is 13.0 Å². The third kappa shape index (κ3) is 3.29. The molecule has 23 heavy (non-hydrogen) atoms. The Morgan fingerprint density at radius 1 is 1.26 bits per heavy atom. The molecule has 0 aromatic carbocycles. The average Bonchev–Trinajstić information content (AvgIpc) is 2.95. The van der Waals surface area contributed by atoms with Crippen LogP contribution in [0.1, 0.15) is 45.4 Å². The van der Waals surface area contributed by atoms with E-state index < -0.39 is 11.2 Å². The molecule has 7 heteroatoms. The Labute approximate surface area is 139 Å². The number of aromatic nitrogens is 4. The second kappa shape index (κ2) is 6.39. The van der Waals surface area contributed by atoms with Gasteiger partial charge in [0.15, 0.2) is 0 Å². The van der Waals surface area contributed by atoms with Crippen LogP contribution in [0.15, 0.2) is 9.59 Å². The minimum atomic E-state index is -0.467. The first-order valence-electron chi connectivity index (χ1n) is 8.21. The van der Waals surface area contributed by atoms with Crippen LogP contribution in [0.4, 0.5) is 0 Å². The molecule has 6 nitrogen and oxygen atoms in total. The van der Waals surface area contributed by atoms with Crippen molar-refractivity contribution in [3.05, 3.63) is 31.3 Å². The van der Waals surface area contributed by atoms with Crippen molar-refractivity contribution in [2.45, 2.75) is 52.5 Å². The summed E-state index contributed by atoms with van der Waals surface area (Å²) in [4.78, 5) is 34.3. The lowest BCUT2D eigenvalue weighted by atomic mass is 10.0. The highest BCUT2D eigenvalue weighted by atomic mass is 32.1. The van der Waals surface area contributed by atoms with Gasteiger partial charge in [0.1, 0.15) is 21.5 Å². The molecule has 0 aliphatic heterocycles. The standard InChI is InChI=1S/C16H22N4O2S/c1-9(2)8-20-13-12(14(21)19-16(20)22)15(23)18-11(17-13)7-10-5-3-4-6-10/h9-10H,3-8H2,1-2H3,(H,17,18,23)(H,19,21,22). The Hall–Kier alpha value is -1.76. The minimum absolute atomic E-state index is 0.269. The fourth-order valence-corrected chi connectivity index (χ4v) is 3.67. The molecule has 1 aliphatic carbocycles. The first kappa shape index (κ1) is 16.1. The summed E-state index contributed by atoms with van der Waals surface area (Å²) in [5.41, 5.74) is -0.369. The topological polar surface area (TPSA) is 83.5 Å². The molecule has 0 unspecified atom stereocenters. The quantitative estimate of drug-likeness (QED) is 0.842. The maximum Gasteiger partial charge on any atom is 0.329 e. The second-order valence-corrected chi connectivity index (χ2v) is 7.22. The zero-order chi connectivity index (χ0) is 16.6. The van der Waals surface area contributed by atoms with Gasteiger partial charge in [0.05, 0.1) is 0 Å². The fourth-order valence-electron chi connectivity index (χ4n) is 3.37. The van der Waals surface area contributed by atoms with Crippen molar-refractivity contribution in [2.24, 2.45) is 11.8 Å². The monoisotopic (exact) mass is 334 g/mol. The van der Waals surface area contributed by atoms with Crippen molar-refractivity contribution < 1.29 is 0 Å². The summed E-state index contributed by atoms with van der Waals surface area (Å²) in [6.07, 6.45) is 5.75. The molecule has 124 valence electrons. The summed E-state index contributed by atoms with van der Waals surface area (Å²) < 4.78 is 1.84. The van der Waals surface area contributed by atoms with E-state index in [1.807, 2.05) is 13.8 Å². The van der Waals surface area contributed by atoms with Crippen LogP contribution in [0.5, 0.6) is 0 Å². The molecular formula is C16H22N4O2S. The van der Waals surface area contributed by atoms with Crippen LogP contribution >= 0.6 is 12.2 Å². The van der Waals surface area contributed by atoms with Crippen LogP contribution in [0.3, 0.4) is 0 Å². The SMILES string of the molecule is CC(C)Cn1c(=O)[nH]c(=O)c2c(=S)nc(CC3CCCC3)[nH]c21. The molecule has 0 atom stereocenters. The summed E-state index contributed by atoms with van der Waals surface area (Å²) in [6, 6.07) is 0. The first-order valence-corrected chi connectivity index (χ1v) is 8.62. The molecule has 0 saturated heterocycles. The van der Waals surface area contributed by atoms with Crippen molar-refractivity contribution in [1.29, 1.82) is 0 Å². The van der Waals surface area contributed by atoms with E-state index in [1.54, 1.807) is 4.57 Å². The Kier molecular flexibility index (Phi) is 4.48. The maximum absolute atomic E-state index is 12.2.